The molecule has 0 aliphatic heterocycles. The van der Waals surface area contributed by atoms with Crippen molar-refractivity contribution in [1.29, 1.82) is 0 Å². The van der Waals surface area contributed by atoms with E-state index in [1.54, 1.807) is 0 Å². The Morgan fingerprint density at radius 3 is 2.13 bits per heavy atom. The fourth-order valence-corrected chi connectivity index (χ4v) is 4.59. The van der Waals surface area contributed by atoms with Crippen LogP contribution in [0, 0.1) is 11.8 Å². The average Bonchev–Trinajstić information content (AvgIpc) is 2.44. The summed E-state index contributed by atoms with van der Waals surface area (Å²) in [4.78, 5) is 0. The normalized spacial score (nSPS) is 24.1. The van der Waals surface area contributed by atoms with Crippen molar-refractivity contribution in [3.05, 3.63) is 23.3 Å². The Hall–Kier alpha value is -0.0131. The molecule has 0 saturated carbocycles. The second-order valence-electron chi connectivity index (χ2n) is 5.63. The molecule has 2 atom stereocenters. The number of allylic oxidation sites excluding steroid dienone is 4. The van der Waals surface area contributed by atoms with E-state index in [4.69, 9.17) is 11.1 Å². The topological polar surface area (TPSA) is 0 Å². The molecule has 0 fully saturated rings. The van der Waals surface area contributed by atoms with Gasteiger partial charge in [0, 0.05) is 5.54 Å². The molecular formula is C13H23ClSi. The van der Waals surface area contributed by atoms with Crippen LogP contribution in [-0.4, -0.2) is 7.38 Å². The molecule has 2 heteroatoms. The SMILES string of the molecule is CC1=CC(C(C)C(C)C)=CC1[Si](C)(C)Cl. The van der Waals surface area contributed by atoms with E-state index in [0.29, 0.717) is 17.4 Å². The van der Waals surface area contributed by atoms with Gasteiger partial charge in [-0.1, -0.05) is 51.6 Å². The van der Waals surface area contributed by atoms with Crippen LogP contribution < -0.4 is 0 Å². The summed E-state index contributed by atoms with van der Waals surface area (Å²) in [5.41, 5.74) is 3.49. The van der Waals surface area contributed by atoms with Crippen LogP contribution in [0.15, 0.2) is 23.3 Å². The van der Waals surface area contributed by atoms with Gasteiger partial charge in [-0.05, 0) is 24.3 Å². The third-order valence-electron chi connectivity index (χ3n) is 3.51. The van der Waals surface area contributed by atoms with Gasteiger partial charge in [0.1, 0.15) is 0 Å². The third kappa shape index (κ3) is 2.98. The van der Waals surface area contributed by atoms with Gasteiger partial charge >= 0.3 is 0 Å². The van der Waals surface area contributed by atoms with Gasteiger partial charge in [0.2, 0.25) is 0 Å². The molecule has 0 bridgehead atoms. The summed E-state index contributed by atoms with van der Waals surface area (Å²) in [7, 11) is -1.58. The standard InChI is InChI=1S/C13H23ClSi/c1-9(2)11(4)12-7-10(3)13(8-12)15(5,6)14/h7-9,11,13H,1-6H3. The molecule has 0 nitrogen and oxygen atoms in total. The summed E-state index contributed by atoms with van der Waals surface area (Å²) in [6.45, 7) is 13.6. The lowest BCUT2D eigenvalue weighted by Crippen LogP contribution is -2.23. The number of rotatable bonds is 3. The van der Waals surface area contributed by atoms with E-state index >= 15 is 0 Å². The van der Waals surface area contributed by atoms with Crippen molar-refractivity contribution in [2.24, 2.45) is 11.8 Å². The highest BCUT2D eigenvalue weighted by Crippen LogP contribution is 2.42. The van der Waals surface area contributed by atoms with Crippen molar-refractivity contribution < 1.29 is 0 Å². The lowest BCUT2D eigenvalue weighted by molar-refractivity contribution is 0.488. The minimum absolute atomic E-state index is 0.537. The first-order valence-electron chi connectivity index (χ1n) is 5.82. The molecule has 86 valence electrons. The Morgan fingerprint density at radius 1 is 1.27 bits per heavy atom. The Bertz CT molecular complexity index is 294. The first-order chi connectivity index (χ1) is 6.73. The second kappa shape index (κ2) is 4.46. The quantitative estimate of drug-likeness (QED) is 0.484. The molecule has 2 unspecified atom stereocenters. The molecule has 1 rings (SSSR count). The molecule has 1 aliphatic rings. The van der Waals surface area contributed by atoms with Crippen LogP contribution in [0.3, 0.4) is 0 Å². The minimum atomic E-state index is -1.58. The second-order valence-corrected chi connectivity index (χ2v) is 12.3. The molecule has 0 spiro atoms. The molecule has 15 heavy (non-hydrogen) atoms. The van der Waals surface area contributed by atoms with Gasteiger partial charge in [-0.25, -0.2) is 0 Å². The number of hydrogen-bond donors (Lipinski definition) is 0. The van der Waals surface area contributed by atoms with Gasteiger partial charge in [-0.3, -0.25) is 0 Å². The van der Waals surface area contributed by atoms with E-state index in [1.807, 2.05) is 0 Å². The lowest BCUT2D eigenvalue weighted by Gasteiger charge is -2.22. The van der Waals surface area contributed by atoms with E-state index in [9.17, 15) is 0 Å². The molecule has 0 aromatic rings. The fraction of sp³-hybridized carbons (Fsp3) is 0.692. The smallest absolute Gasteiger partial charge is 0.161 e. The van der Waals surface area contributed by atoms with Crippen LogP contribution >= 0.6 is 11.1 Å². The predicted octanol–water partition coefficient (Wildman–Crippen LogP) is 4.98. The molecule has 0 amide bonds. The van der Waals surface area contributed by atoms with Gasteiger partial charge in [0.25, 0.3) is 0 Å². The van der Waals surface area contributed by atoms with Gasteiger partial charge in [-0.2, -0.15) is 11.1 Å². The van der Waals surface area contributed by atoms with Gasteiger partial charge in [-0.15, -0.1) is 0 Å². The van der Waals surface area contributed by atoms with Crippen LogP contribution in [0.4, 0.5) is 0 Å². The molecule has 0 aromatic carbocycles. The first kappa shape index (κ1) is 13.1. The van der Waals surface area contributed by atoms with Crippen molar-refractivity contribution >= 4 is 18.5 Å². The Labute approximate surface area is 100 Å². The zero-order chi connectivity index (χ0) is 11.8. The molecule has 0 heterocycles. The van der Waals surface area contributed by atoms with Crippen LogP contribution in [-0.2, 0) is 0 Å². The van der Waals surface area contributed by atoms with Gasteiger partial charge in [0.05, 0.1) is 0 Å². The van der Waals surface area contributed by atoms with E-state index in [1.165, 1.54) is 11.1 Å². The van der Waals surface area contributed by atoms with Crippen molar-refractivity contribution in [3.63, 3.8) is 0 Å². The largest absolute Gasteiger partial charge is 0.167 e. The lowest BCUT2D eigenvalue weighted by atomic mass is 9.91. The maximum absolute atomic E-state index is 6.54. The molecular weight excluding hydrogens is 220 g/mol. The predicted molar refractivity (Wildman–Crippen MR) is 72.9 cm³/mol. The Balaban J connectivity index is 2.90. The summed E-state index contributed by atoms with van der Waals surface area (Å²) >= 11 is 6.54. The van der Waals surface area contributed by atoms with Crippen molar-refractivity contribution in [2.45, 2.75) is 46.3 Å². The average molecular weight is 243 g/mol. The molecule has 0 N–H and O–H groups in total. The summed E-state index contributed by atoms with van der Waals surface area (Å²) in [5.74, 6) is 1.36. The fourth-order valence-electron chi connectivity index (χ4n) is 2.13. The highest BCUT2D eigenvalue weighted by molar-refractivity contribution is 7.20. The van der Waals surface area contributed by atoms with Crippen LogP contribution in [0.25, 0.3) is 0 Å². The minimum Gasteiger partial charge on any atom is -0.167 e. The third-order valence-corrected chi connectivity index (χ3v) is 6.32. The molecule has 0 saturated heterocycles. The van der Waals surface area contributed by atoms with E-state index in [2.05, 4.69) is 52.9 Å². The molecule has 0 radical (unpaired) electrons. The summed E-state index contributed by atoms with van der Waals surface area (Å²) in [6, 6.07) is 0. The summed E-state index contributed by atoms with van der Waals surface area (Å²) < 4.78 is 0. The highest BCUT2D eigenvalue weighted by Gasteiger charge is 2.33. The van der Waals surface area contributed by atoms with Crippen LogP contribution in [0.1, 0.15) is 27.7 Å². The monoisotopic (exact) mass is 242 g/mol. The number of halogens is 1. The summed E-state index contributed by atoms with van der Waals surface area (Å²) in [5, 5.41) is 0. The van der Waals surface area contributed by atoms with Crippen molar-refractivity contribution in [2.75, 3.05) is 0 Å². The number of hydrogen-bond acceptors (Lipinski definition) is 0. The summed E-state index contributed by atoms with van der Waals surface area (Å²) in [6.07, 6.45) is 4.77. The molecule has 0 aromatic heterocycles. The highest BCUT2D eigenvalue weighted by atomic mass is 35.6. The maximum Gasteiger partial charge on any atom is 0.161 e. The van der Waals surface area contributed by atoms with E-state index in [0.717, 1.165) is 0 Å². The van der Waals surface area contributed by atoms with Crippen molar-refractivity contribution in [1.82, 2.24) is 0 Å². The van der Waals surface area contributed by atoms with E-state index in [-0.39, 0.29) is 0 Å². The van der Waals surface area contributed by atoms with Gasteiger partial charge in [0.15, 0.2) is 7.38 Å². The molecule has 1 aliphatic carbocycles. The van der Waals surface area contributed by atoms with Crippen molar-refractivity contribution in [3.8, 4) is 0 Å². The van der Waals surface area contributed by atoms with Crippen LogP contribution in [0.5, 0.6) is 0 Å². The Morgan fingerprint density at radius 2 is 1.80 bits per heavy atom. The zero-order valence-corrected chi connectivity index (χ0v) is 12.5. The first-order valence-corrected chi connectivity index (χ1v) is 9.91. The van der Waals surface area contributed by atoms with Gasteiger partial charge < -0.3 is 0 Å². The van der Waals surface area contributed by atoms with Crippen LogP contribution in [0.2, 0.25) is 18.6 Å². The maximum atomic E-state index is 6.54. The Kier molecular flexibility index (Phi) is 3.89. The zero-order valence-electron chi connectivity index (χ0n) is 10.8. The van der Waals surface area contributed by atoms with E-state index < -0.39 is 7.38 Å².